The number of carbonyl (C=O) groups excluding carboxylic acids is 1. The van der Waals surface area contributed by atoms with Gasteiger partial charge in [0.25, 0.3) is 0 Å². The third-order valence-corrected chi connectivity index (χ3v) is 2.79. The lowest BCUT2D eigenvalue weighted by Crippen LogP contribution is -2.03. The fourth-order valence-corrected chi connectivity index (χ4v) is 1.94. The van der Waals surface area contributed by atoms with Crippen LogP contribution in [0.25, 0.3) is 11.1 Å². The summed E-state index contributed by atoms with van der Waals surface area (Å²) in [6.07, 6.45) is 0. The van der Waals surface area contributed by atoms with E-state index in [0.717, 1.165) is 16.7 Å². The third kappa shape index (κ3) is 3.13. The average Bonchev–Trinajstić information content (AvgIpc) is 2.38. The zero-order valence-electron chi connectivity index (χ0n) is 11.0. The van der Waals surface area contributed by atoms with Gasteiger partial charge in [-0.1, -0.05) is 18.2 Å². The molecule has 0 amide bonds. The zero-order chi connectivity index (χ0) is 13.8. The first-order chi connectivity index (χ1) is 9.10. The van der Waals surface area contributed by atoms with Gasteiger partial charge < -0.3 is 9.84 Å². The molecule has 0 aliphatic heterocycles. The van der Waals surface area contributed by atoms with Crippen molar-refractivity contribution in [2.24, 2.45) is 0 Å². The van der Waals surface area contributed by atoms with E-state index in [2.05, 4.69) is 0 Å². The first-order valence-corrected chi connectivity index (χ1v) is 6.18. The van der Waals surface area contributed by atoms with Crippen LogP contribution in [-0.4, -0.2) is 17.7 Å². The van der Waals surface area contributed by atoms with E-state index in [-0.39, 0.29) is 11.7 Å². The number of rotatable bonds is 3. The standard InChI is InChI=1S/C16H16O3/c1-3-19-16(18)13-6-4-12(5-7-13)14-8-11(2)9-15(17)10-14/h4-10,17H,3H2,1-2H3. The van der Waals surface area contributed by atoms with Crippen LogP contribution in [0.1, 0.15) is 22.8 Å². The molecule has 0 fully saturated rings. The van der Waals surface area contributed by atoms with Crippen LogP contribution in [0.4, 0.5) is 0 Å². The molecular formula is C16H16O3. The molecule has 0 radical (unpaired) electrons. The Hall–Kier alpha value is -2.29. The minimum absolute atomic E-state index is 0.240. The van der Waals surface area contributed by atoms with E-state index in [9.17, 15) is 9.90 Å². The molecule has 0 aliphatic carbocycles. The number of phenols is 1. The van der Waals surface area contributed by atoms with Crippen LogP contribution in [0.5, 0.6) is 5.75 Å². The van der Waals surface area contributed by atoms with Crippen LogP contribution >= 0.6 is 0 Å². The lowest BCUT2D eigenvalue weighted by atomic mass is 10.0. The Morgan fingerprint density at radius 2 is 1.79 bits per heavy atom. The number of benzene rings is 2. The van der Waals surface area contributed by atoms with Gasteiger partial charge in [0.05, 0.1) is 12.2 Å². The predicted molar refractivity (Wildman–Crippen MR) is 74.2 cm³/mol. The monoisotopic (exact) mass is 256 g/mol. The second-order valence-corrected chi connectivity index (χ2v) is 4.36. The van der Waals surface area contributed by atoms with E-state index < -0.39 is 0 Å². The molecular weight excluding hydrogens is 240 g/mol. The molecule has 0 saturated carbocycles. The summed E-state index contributed by atoms with van der Waals surface area (Å²) >= 11 is 0. The molecule has 2 aromatic rings. The Labute approximate surface area is 112 Å². The highest BCUT2D eigenvalue weighted by Gasteiger charge is 2.07. The number of carbonyl (C=O) groups is 1. The maximum Gasteiger partial charge on any atom is 0.338 e. The molecule has 0 heterocycles. The molecule has 2 rings (SSSR count). The van der Waals surface area contributed by atoms with Crippen molar-refractivity contribution < 1.29 is 14.6 Å². The Bertz CT molecular complexity index is 565. The Kier molecular flexibility index (Phi) is 3.85. The van der Waals surface area contributed by atoms with Gasteiger partial charge in [0.2, 0.25) is 0 Å². The van der Waals surface area contributed by atoms with Gasteiger partial charge in [0.15, 0.2) is 0 Å². The molecule has 0 saturated heterocycles. The summed E-state index contributed by atoms with van der Waals surface area (Å²) in [5.41, 5.74) is 3.40. The normalized spacial score (nSPS) is 10.2. The fourth-order valence-electron chi connectivity index (χ4n) is 1.94. The Morgan fingerprint density at radius 1 is 1.11 bits per heavy atom. The molecule has 3 heteroatoms. The van der Waals surface area contributed by atoms with Crippen molar-refractivity contribution in [3.05, 3.63) is 53.6 Å². The molecule has 0 spiro atoms. The molecule has 0 bridgehead atoms. The number of phenolic OH excluding ortho intramolecular Hbond substituents is 1. The summed E-state index contributed by atoms with van der Waals surface area (Å²) in [7, 11) is 0. The second-order valence-electron chi connectivity index (χ2n) is 4.36. The van der Waals surface area contributed by atoms with Crippen LogP contribution in [0, 0.1) is 6.92 Å². The van der Waals surface area contributed by atoms with E-state index in [4.69, 9.17) is 4.74 Å². The number of aromatic hydroxyl groups is 1. The van der Waals surface area contributed by atoms with Gasteiger partial charge in [-0.15, -0.1) is 0 Å². The molecule has 0 atom stereocenters. The summed E-state index contributed by atoms with van der Waals surface area (Å²) < 4.78 is 4.93. The van der Waals surface area contributed by atoms with Crippen molar-refractivity contribution in [2.75, 3.05) is 6.61 Å². The minimum Gasteiger partial charge on any atom is -0.508 e. The van der Waals surface area contributed by atoms with Crippen molar-refractivity contribution >= 4 is 5.97 Å². The van der Waals surface area contributed by atoms with Crippen LogP contribution in [0.15, 0.2) is 42.5 Å². The SMILES string of the molecule is CCOC(=O)c1ccc(-c2cc(C)cc(O)c2)cc1. The maximum atomic E-state index is 11.5. The molecule has 0 aromatic heterocycles. The van der Waals surface area contributed by atoms with Crippen molar-refractivity contribution in [3.63, 3.8) is 0 Å². The van der Waals surface area contributed by atoms with Crippen LogP contribution in [-0.2, 0) is 4.74 Å². The highest BCUT2D eigenvalue weighted by molar-refractivity contribution is 5.90. The van der Waals surface area contributed by atoms with E-state index in [1.54, 1.807) is 31.2 Å². The lowest BCUT2D eigenvalue weighted by Gasteiger charge is -2.06. The Balaban J connectivity index is 2.29. The van der Waals surface area contributed by atoms with E-state index in [0.29, 0.717) is 12.2 Å². The summed E-state index contributed by atoms with van der Waals surface area (Å²) in [5.74, 6) is -0.0781. The molecule has 0 aliphatic rings. The van der Waals surface area contributed by atoms with Gasteiger partial charge in [0.1, 0.15) is 5.75 Å². The number of ether oxygens (including phenoxy) is 1. The number of esters is 1. The summed E-state index contributed by atoms with van der Waals surface area (Å²) in [6, 6.07) is 12.5. The second kappa shape index (κ2) is 5.57. The maximum absolute atomic E-state index is 11.5. The quantitative estimate of drug-likeness (QED) is 0.854. The number of hydrogen-bond acceptors (Lipinski definition) is 3. The first-order valence-electron chi connectivity index (χ1n) is 6.18. The fraction of sp³-hybridized carbons (Fsp3) is 0.188. The van der Waals surface area contributed by atoms with Crippen molar-refractivity contribution in [2.45, 2.75) is 13.8 Å². The minimum atomic E-state index is -0.318. The number of aryl methyl sites for hydroxylation is 1. The molecule has 1 N–H and O–H groups in total. The predicted octanol–water partition coefficient (Wildman–Crippen LogP) is 3.54. The van der Waals surface area contributed by atoms with Crippen LogP contribution < -0.4 is 0 Å². The molecule has 98 valence electrons. The van der Waals surface area contributed by atoms with Gasteiger partial charge in [0, 0.05) is 0 Å². The van der Waals surface area contributed by atoms with E-state index >= 15 is 0 Å². The van der Waals surface area contributed by atoms with Crippen molar-refractivity contribution in [3.8, 4) is 16.9 Å². The van der Waals surface area contributed by atoms with Gasteiger partial charge in [-0.25, -0.2) is 4.79 Å². The molecule has 0 unspecified atom stereocenters. The van der Waals surface area contributed by atoms with E-state index in [1.807, 2.05) is 25.1 Å². The molecule has 2 aromatic carbocycles. The van der Waals surface area contributed by atoms with Crippen LogP contribution in [0.3, 0.4) is 0 Å². The van der Waals surface area contributed by atoms with Gasteiger partial charge >= 0.3 is 5.97 Å². The smallest absolute Gasteiger partial charge is 0.338 e. The number of hydrogen-bond donors (Lipinski definition) is 1. The first kappa shape index (κ1) is 13.1. The topological polar surface area (TPSA) is 46.5 Å². The van der Waals surface area contributed by atoms with Crippen LogP contribution in [0.2, 0.25) is 0 Å². The van der Waals surface area contributed by atoms with E-state index in [1.165, 1.54) is 0 Å². The van der Waals surface area contributed by atoms with Gasteiger partial charge in [-0.2, -0.15) is 0 Å². The zero-order valence-corrected chi connectivity index (χ0v) is 11.0. The van der Waals surface area contributed by atoms with Crippen molar-refractivity contribution in [1.29, 1.82) is 0 Å². The highest BCUT2D eigenvalue weighted by Crippen LogP contribution is 2.25. The lowest BCUT2D eigenvalue weighted by molar-refractivity contribution is 0.0526. The van der Waals surface area contributed by atoms with Gasteiger partial charge in [-0.05, 0) is 54.8 Å². The molecule has 19 heavy (non-hydrogen) atoms. The summed E-state index contributed by atoms with van der Waals surface area (Å²) in [5, 5.41) is 9.59. The highest BCUT2D eigenvalue weighted by atomic mass is 16.5. The summed E-state index contributed by atoms with van der Waals surface area (Å²) in [4.78, 5) is 11.5. The average molecular weight is 256 g/mol. The Morgan fingerprint density at radius 3 is 2.37 bits per heavy atom. The largest absolute Gasteiger partial charge is 0.508 e. The molecule has 3 nitrogen and oxygen atoms in total. The van der Waals surface area contributed by atoms with Crippen molar-refractivity contribution in [1.82, 2.24) is 0 Å². The third-order valence-electron chi connectivity index (χ3n) is 2.79. The van der Waals surface area contributed by atoms with Gasteiger partial charge in [-0.3, -0.25) is 0 Å². The summed E-state index contributed by atoms with van der Waals surface area (Å²) in [6.45, 7) is 4.07.